The first-order valence-electron chi connectivity index (χ1n) is 20.6. The molecule has 1 fully saturated rings. The summed E-state index contributed by atoms with van der Waals surface area (Å²) < 4.78 is 0. The van der Waals surface area contributed by atoms with E-state index in [9.17, 15) is 38.7 Å². The standard InChI is InChI=1S/C38H63N15O8/c1-4-21(2)30(52-32(55)25(40)9-5-6-12-39)35(58)49-26(10-7-13-45-38(41)42)33(56)48-22(3)31(54)50-27(15-23-17-43-19-46-23)36(59)53-14-8-11-29(53)34(57)51-28(37(60)61)16-24-18-44-20-47-24/h17-22,25-30H,4-16,39-40H2,1-3H3,(H,43,46)(H,44,47)(H,48,56)(H,49,58)(H,50,54)(H,51,57)(H,52,55)(H,60,61)(H4,41,42,45)/t21-,22-,25-,26-,27-,28-,29-,30-/m0/s1. The number of likely N-dealkylation sites (tertiary alicyclic amines) is 1. The number of nitrogens with zero attached hydrogens (tertiary/aromatic N) is 4. The van der Waals surface area contributed by atoms with Crippen LogP contribution in [0, 0.1) is 5.92 Å². The van der Waals surface area contributed by atoms with Crippen molar-refractivity contribution in [2.45, 2.75) is 127 Å². The number of aromatic nitrogens is 4. The molecular weight excluding hydrogens is 795 g/mol. The molecule has 0 aliphatic carbocycles. The molecule has 1 aliphatic heterocycles. The Morgan fingerprint density at radius 2 is 1.48 bits per heavy atom. The molecule has 0 radical (unpaired) electrons. The van der Waals surface area contributed by atoms with Gasteiger partial charge in [0.15, 0.2) is 5.96 Å². The second-order valence-corrected chi connectivity index (χ2v) is 15.2. The number of hydrogen-bond acceptors (Lipinski definition) is 12. The Labute approximate surface area is 354 Å². The summed E-state index contributed by atoms with van der Waals surface area (Å²) in [5, 5.41) is 23.1. The topological polar surface area (TPSA) is 377 Å². The van der Waals surface area contributed by atoms with Crippen molar-refractivity contribution >= 4 is 47.4 Å². The number of rotatable bonds is 26. The van der Waals surface area contributed by atoms with Crippen molar-refractivity contribution in [3.63, 3.8) is 0 Å². The number of amides is 6. The number of hydrogen-bond donors (Lipinski definition) is 12. The smallest absolute Gasteiger partial charge is 0.326 e. The molecule has 3 heterocycles. The third kappa shape index (κ3) is 15.8. The van der Waals surface area contributed by atoms with Gasteiger partial charge in [-0.3, -0.25) is 33.8 Å². The van der Waals surface area contributed by atoms with Crippen molar-refractivity contribution in [3.05, 3.63) is 36.4 Å². The minimum absolute atomic E-state index is 0.0481. The molecule has 23 nitrogen and oxygen atoms in total. The van der Waals surface area contributed by atoms with E-state index in [2.05, 4.69) is 51.5 Å². The molecule has 2 aromatic rings. The number of carbonyl (C=O) groups excluding carboxylic acids is 6. The van der Waals surface area contributed by atoms with Gasteiger partial charge >= 0.3 is 5.97 Å². The maximum atomic E-state index is 14.2. The van der Waals surface area contributed by atoms with E-state index in [-0.39, 0.29) is 57.1 Å². The van der Waals surface area contributed by atoms with Crippen LogP contribution in [0.1, 0.15) is 83.5 Å². The number of nitrogens with two attached hydrogens (primary N) is 4. The first kappa shape index (κ1) is 49.3. The van der Waals surface area contributed by atoms with Crippen LogP contribution in [0.4, 0.5) is 0 Å². The second-order valence-electron chi connectivity index (χ2n) is 15.2. The van der Waals surface area contributed by atoms with Crippen LogP contribution in [-0.2, 0) is 46.4 Å². The number of H-pyrrole nitrogens is 2. The molecule has 6 amide bonds. The molecule has 338 valence electrons. The first-order chi connectivity index (χ1) is 29.1. The van der Waals surface area contributed by atoms with Gasteiger partial charge < -0.3 is 69.5 Å². The molecule has 3 rings (SSSR count). The molecule has 0 spiro atoms. The lowest BCUT2D eigenvalue weighted by Crippen LogP contribution is -2.60. The van der Waals surface area contributed by atoms with E-state index in [0.29, 0.717) is 50.0 Å². The summed E-state index contributed by atoms with van der Waals surface area (Å²) in [5.41, 5.74) is 23.6. The fourth-order valence-electron chi connectivity index (χ4n) is 6.72. The number of nitrogens with one attached hydrogen (secondary N) is 7. The van der Waals surface area contributed by atoms with Gasteiger partial charge in [-0.25, -0.2) is 14.8 Å². The molecule has 0 saturated carbocycles. The minimum atomic E-state index is -1.30. The molecule has 8 atom stereocenters. The molecule has 2 aromatic heterocycles. The van der Waals surface area contributed by atoms with Gasteiger partial charge in [-0.1, -0.05) is 26.7 Å². The van der Waals surface area contributed by atoms with E-state index in [4.69, 9.17) is 22.9 Å². The van der Waals surface area contributed by atoms with E-state index >= 15 is 0 Å². The van der Waals surface area contributed by atoms with Gasteiger partial charge in [-0.15, -0.1) is 0 Å². The highest BCUT2D eigenvalue weighted by Gasteiger charge is 2.40. The number of aliphatic carboxylic acids is 1. The highest BCUT2D eigenvalue weighted by molar-refractivity contribution is 5.97. The van der Waals surface area contributed by atoms with Gasteiger partial charge in [0, 0.05) is 49.7 Å². The highest BCUT2D eigenvalue weighted by atomic mass is 16.4. The van der Waals surface area contributed by atoms with Crippen LogP contribution in [0.15, 0.2) is 30.0 Å². The van der Waals surface area contributed by atoms with E-state index in [1.807, 2.05) is 6.92 Å². The van der Waals surface area contributed by atoms with Crippen LogP contribution in [0.5, 0.6) is 0 Å². The number of aliphatic imine (C=N–C) groups is 1. The predicted octanol–water partition coefficient (Wildman–Crippen LogP) is -3.01. The quantitative estimate of drug-likeness (QED) is 0.0255. The van der Waals surface area contributed by atoms with Crippen LogP contribution in [0.2, 0.25) is 0 Å². The van der Waals surface area contributed by atoms with Gasteiger partial charge in [-0.05, 0) is 57.9 Å². The number of carboxylic acids is 1. The maximum Gasteiger partial charge on any atom is 0.326 e. The van der Waals surface area contributed by atoms with Crippen LogP contribution >= 0.6 is 0 Å². The molecule has 23 heteroatoms. The van der Waals surface area contributed by atoms with Crippen LogP contribution in [-0.4, -0.2) is 139 Å². The Morgan fingerprint density at radius 1 is 0.836 bits per heavy atom. The lowest BCUT2D eigenvalue weighted by molar-refractivity contribution is -0.145. The van der Waals surface area contributed by atoms with Crippen molar-refractivity contribution < 1.29 is 38.7 Å². The molecular formula is C38H63N15O8. The number of carbonyl (C=O) groups is 7. The molecule has 0 bridgehead atoms. The van der Waals surface area contributed by atoms with E-state index in [1.165, 1.54) is 36.9 Å². The largest absolute Gasteiger partial charge is 0.480 e. The number of aromatic amines is 2. The lowest BCUT2D eigenvalue weighted by atomic mass is 9.96. The third-order valence-electron chi connectivity index (χ3n) is 10.5. The van der Waals surface area contributed by atoms with E-state index in [0.717, 1.165) is 0 Å². The van der Waals surface area contributed by atoms with Crippen LogP contribution in [0.25, 0.3) is 0 Å². The van der Waals surface area contributed by atoms with Crippen LogP contribution < -0.4 is 49.5 Å². The third-order valence-corrected chi connectivity index (χ3v) is 10.5. The summed E-state index contributed by atoms with van der Waals surface area (Å²) in [6, 6.07) is -7.91. The van der Waals surface area contributed by atoms with Crippen LogP contribution in [0.3, 0.4) is 0 Å². The van der Waals surface area contributed by atoms with Gasteiger partial charge in [0.25, 0.3) is 0 Å². The summed E-state index contributed by atoms with van der Waals surface area (Å²) in [5.74, 6) is -5.70. The minimum Gasteiger partial charge on any atom is -0.480 e. The van der Waals surface area contributed by atoms with Crippen molar-refractivity contribution in [2.75, 3.05) is 19.6 Å². The molecule has 16 N–H and O–H groups in total. The zero-order chi connectivity index (χ0) is 45.1. The summed E-state index contributed by atoms with van der Waals surface area (Å²) in [6.07, 6.45) is 8.78. The molecule has 61 heavy (non-hydrogen) atoms. The SMILES string of the molecule is CC[C@H](C)[C@H](NC(=O)[C@@H](N)CCCCN)C(=O)N[C@@H](CCCN=C(N)N)C(=O)N[C@@H](C)C(=O)N[C@@H](Cc1cnc[nH]1)C(=O)N1CCC[C@H]1C(=O)N[C@@H](Cc1cnc[nH]1)C(=O)O. The van der Waals surface area contributed by atoms with Crippen molar-refractivity contribution in [2.24, 2.45) is 33.8 Å². The van der Waals surface area contributed by atoms with E-state index in [1.54, 1.807) is 6.92 Å². The Balaban J connectivity index is 1.76. The summed E-state index contributed by atoms with van der Waals surface area (Å²) in [6.45, 7) is 5.77. The predicted molar refractivity (Wildman–Crippen MR) is 223 cm³/mol. The summed E-state index contributed by atoms with van der Waals surface area (Å²) in [4.78, 5) is 113. The maximum absolute atomic E-state index is 14.2. The zero-order valence-electron chi connectivity index (χ0n) is 35.0. The Bertz CT molecular complexity index is 1770. The Kier molecular flexibility index (Phi) is 20.1. The molecule has 0 unspecified atom stereocenters. The van der Waals surface area contributed by atoms with Crippen molar-refractivity contribution in [1.29, 1.82) is 0 Å². The first-order valence-corrected chi connectivity index (χ1v) is 20.6. The van der Waals surface area contributed by atoms with Gasteiger partial charge in [0.1, 0.15) is 36.3 Å². The summed E-state index contributed by atoms with van der Waals surface area (Å²) >= 11 is 0. The van der Waals surface area contributed by atoms with Gasteiger partial charge in [0.05, 0.1) is 18.7 Å². The Hall–Kier alpha value is -6.10. The molecule has 1 aliphatic rings. The zero-order valence-corrected chi connectivity index (χ0v) is 35.0. The lowest BCUT2D eigenvalue weighted by Gasteiger charge is -2.30. The van der Waals surface area contributed by atoms with E-state index < -0.39 is 83.7 Å². The highest BCUT2D eigenvalue weighted by Crippen LogP contribution is 2.20. The summed E-state index contributed by atoms with van der Waals surface area (Å²) in [7, 11) is 0. The normalized spacial score (nSPS) is 17.1. The number of unbranched alkanes of at least 4 members (excludes halogenated alkanes) is 1. The number of imidazole rings is 2. The molecule has 0 aromatic carbocycles. The number of carboxylic acid groups (broad SMARTS) is 1. The second kappa shape index (κ2) is 24.9. The fraction of sp³-hybridized carbons (Fsp3) is 0.632. The van der Waals surface area contributed by atoms with Gasteiger partial charge in [-0.2, -0.15) is 0 Å². The number of guanidine groups is 1. The molecule has 1 saturated heterocycles. The van der Waals surface area contributed by atoms with Crippen molar-refractivity contribution in [3.8, 4) is 0 Å². The average molecular weight is 858 g/mol. The Morgan fingerprint density at radius 3 is 2.05 bits per heavy atom. The van der Waals surface area contributed by atoms with Gasteiger partial charge in [0.2, 0.25) is 35.4 Å². The average Bonchev–Trinajstić information content (AvgIpc) is 4.04. The monoisotopic (exact) mass is 857 g/mol. The fourth-order valence-corrected chi connectivity index (χ4v) is 6.72. The van der Waals surface area contributed by atoms with Crippen molar-refractivity contribution in [1.82, 2.24) is 51.4 Å².